The monoisotopic (exact) mass is 330 g/mol. The minimum Gasteiger partial charge on any atom is -0.481 e. The predicted molar refractivity (Wildman–Crippen MR) is 78.5 cm³/mol. The second-order valence-electron chi connectivity index (χ2n) is 5.20. The van der Waals surface area contributed by atoms with Crippen molar-refractivity contribution in [2.75, 3.05) is 32.7 Å². The molecule has 8 heteroatoms. The van der Waals surface area contributed by atoms with Crippen molar-refractivity contribution in [3.05, 3.63) is 30.1 Å². The highest BCUT2D eigenvalue weighted by molar-refractivity contribution is 7.89. The lowest BCUT2D eigenvalue weighted by molar-refractivity contribution is -0.137. The van der Waals surface area contributed by atoms with Gasteiger partial charge < -0.3 is 10.0 Å². The van der Waals surface area contributed by atoms with Crippen molar-refractivity contribution in [1.29, 1.82) is 0 Å². The molecule has 2 rings (SSSR count). The smallest absolute Gasteiger partial charge is 0.304 e. The highest BCUT2D eigenvalue weighted by atomic mass is 32.2. The Morgan fingerprint density at radius 1 is 1.14 bits per heavy atom. The number of benzene rings is 1. The molecule has 1 aromatic carbocycles. The number of carboxylic acid groups (broad SMARTS) is 1. The molecule has 1 aliphatic heterocycles. The van der Waals surface area contributed by atoms with E-state index in [1.165, 1.54) is 16.4 Å². The third-order valence-electron chi connectivity index (χ3n) is 3.64. The summed E-state index contributed by atoms with van der Waals surface area (Å²) in [4.78, 5) is 12.6. The van der Waals surface area contributed by atoms with E-state index in [0.717, 1.165) is 12.1 Å². The average Bonchev–Trinajstić information content (AvgIpc) is 2.71. The molecule has 0 spiro atoms. The number of halogens is 1. The second kappa shape index (κ2) is 7.17. The van der Waals surface area contributed by atoms with Crippen molar-refractivity contribution < 1.29 is 22.7 Å². The zero-order chi connectivity index (χ0) is 16.2. The lowest BCUT2D eigenvalue weighted by atomic mass is 10.3. The summed E-state index contributed by atoms with van der Waals surface area (Å²) in [7, 11) is -3.63. The molecule has 1 aliphatic rings. The number of rotatable bonds is 5. The van der Waals surface area contributed by atoms with Gasteiger partial charge in [0.1, 0.15) is 5.82 Å². The van der Waals surface area contributed by atoms with Gasteiger partial charge in [0.05, 0.1) is 11.3 Å². The quantitative estimate of drug-likeness (QED) is 0.871. The van der Waals surface area contributed by atoms with Gasteiger partial charge in [-0.3, -0.25) is 4.79 Å². The van der Waals surface area contributed by atoms with Crippen LogP contribution in [0.4, 0.5) is 4.39 Å². The third kappa shape index (κ3) is 4.25. The summed E-state index contributed by atoms with van der Waals surface area (Å²) in [6.07, 6.45) is 0.685. The summed E-state index contributed by atoms with van der Waals surface area (Å²) in [5.41, 5.74) is 0. The van der Waals surface area contributed by atoms with E-state index in [1.54, 1.807) is 0 Å². The minimum absolute atomic E-state index is 0.0463. The van der Waals surface area contributed by atoms with E-state index in [2.05, 4.69) is 0 Å². The number of nitrogens with zero attached hydrogens (tertiary/aromatic N) is 2. The van der Waals surface area contributed by atoms with Crippen molar-refractivity contribution in [2.24, 2.45) is 0 Å². The molecule has 1 fully saturated rings. The fraction of sp³-hybridized carbons (Fsp3) is 0.500. The van der Waals surface area contributed by atoms with E-state index < -0.39 is 21.8 Å². The molecule has 0 amide bonds. The van der Waals surface area contributed by atoms with Crippen LogP contribution in [0, 0.1) is 5.82 Å². The molecule has 0 atom stereocenters. The number of carbonyl (C=O) groups is 1. The second-order valence-corrected chi connectivity index (χ2v) is 7.13. The van der Waals surface area contributed by atoms with Gasteiger partial charge in [-0.05, 0) is 37.2 Å². The molecule has 1 aromatic rings. The van der Waals surface area contributed by atoms with Gasteiger partial charge >= 0.3 is 5.97 Å². The van der Waals surface area contributed by atoms with Crippen molar-refractivity contribution in [3.63, 3.8) is 0 Å². The highest BCUT2D eigenvalue weighted by Gasteiger charge is 2.26. The van der Waals surface area contributed by atoms with Gasteiger partial charge in [-0.15, -0.1) is 0 Å². The fourth-order valence-corrected chi connectivity index (χ4v) is 3.89. The Morgan fingerprint density at radius 2 is 1.82 bits per heavy atom. The van der Waals surface area contributed by atoms with Crippen LogP contribution in [0.1, 0.15) is 12.8 Å². The topological polar surface area (TPSA) is 77.9 Å². The number of hydrogen-bond acceptors (Lipinski definition) is 4. The summed E-state index contributed by atoms with van der Waals surface area (Å²) in [6, 6.07) is 4.78. The van der Waals surface area contributed by atoms with Crippen LogP contribution < -0.4 is 0 Å². The van der Waals surface area contributed by atoms with E-state index in [0.29, 0.717) is 39.1 Å². The summed E-state index contributed by atoms with van der Waals surface area (Å²) in [6.45, 7) is 2.26. The van der Waals surface area contributed by atoms with E-state index in [1.807, 2.05) is 4.90 Å². The standard InChI is InChI=1S/C14H19FN2O4S/c15-12-2-4-13(5-3-12)22(20,21)17-8-1-7-16(10-11-17)9-6-14(18)19/h2-5H,1,6-11H2,(H,18,19). The molecule has 6 nitrogen and oxygen atoms in total. The van der Waals surface area contributed by atoms with E-state index in [4.69, 9.17) is 5.11 Å². The van der Waals surface area contributed by atoms with Crippen LogP contribution in [0.3, 0.4) is 0 Å². The molecule has 1 heterocycles. The molecule has 0 bridgehead atoms. The molecule has 1 N–H and O–H groups in total. The maximum Gasteiger partial charge on any atom is 0.304 e. The highest BCUT2D eigenvalue weighted by Crippen LogP contribution is 2.18. The molecule has 122 valence electrons. The summed E-state index contributed by atoms with van der Waals surface area (Å²) < 4.78 is 39.3. The van der Waals surface area contributed by atoms with Gasteiger partial charge in [0.15, 0.2) is 0 Å². The first-order valence-electron chi connectivity index (χ1n) is 7.09. The first kappa shape index (κ1) is 16.9. The van der Waals surface area contributed by atoms with Gasteiger partial charge in [0, 0.05) is 26.2 Å². The molecule has 22 heavy (non-hydrogen) atoms. The van der Waals surface area contributed by atoms with Crippen LogP contribution in [0.25, 0.3) is 0 Å². The zero-order valence-corrected chi connectivity index (χ0v) is 12.9. The maximum atomic E-state index is 12.9. The molecule has 0 unspecified atom stereocenters. The van der Waals surface area contributed by atoms with Crippen molar-refractivity contribution in [3.8, 4) is 0 Å². The van der Waals surface area contributed by atoms with Crippen LogP contribution in [-0.2, 0) is 14.8 Å². The van der Waals surface area contributed by atoms with Gasteiger partial charge in [-0.2, -0.15) is 4.31 Å². The van der Waals surface area contributed by atoms with Crippen molar-refractivity contribution >= 4 is 16.0 Å². The number of carboxylic acids is 1. The zero-order valence-electron chi connectivity index (χ0n) is 12.1. The normalized spacial score (nSPS) is 18.0. The molecular weight excluding hydrogens is 311 g/mol. The SMILES string of the molecule is O=C(O)CCN1CCCN(S(=O)(=O)c2ccc(F)cc2)CC1. The number of hydrogen-bond donors (Lipinski definition) is 1. The molecule has 0 radical (unpaired) electrons. The van der Waals surface area contributed by atoms with Crippen LogP contribution in [0.15, 0.2) is 29.2 Å². The Bertz CT molecular complexity index is 618. The number of aliphatic carboxylic acids is 1. The first-order chi connectivity index (χ1) is 10.4. The maximum absolute atomic E-state index is 12.9. The largest absolute Gasteiger partial charge is 0.481 e. The Morgan fingerprint density at radius 3 is 2.45 bits per heavy atom. The van der Waals surface area contributed by atoms with Gasteiger partial charge in [0.25, 0.3) is 0 Å². The summed E-state index contributed by atoms with van der Waals surface area (Å²) in [5.74, 6) is -1.34. The fourth-order valence-electron chi connectivity index (χ4n) is 2.42. The van der Waals surface area contributed by atoms with Gasteiger partial charge in [-0.25, -0.2) is 12.8 Å². The van der Waals surface area contributed by atoms with E-state index in [-0.39, 0.29) is 11.3 Å². The van der Waals surface area contributed by atoms with Crippen LogP contribution in [-0.4, -0.2) is 61.4 Å². The predicted octanol–water partition coefficient (Wildman–Crippen LogP) is 0.997. The lowest BCUT2D eigenvalue weighted by Crippen LogP contribution is -2.35. The molecule has 0 aromatic heterocycles. The van der Waals surface area contributed by atoms with E-state index >= 15 is 0 Å². The van der Waals surface area contributed by atoms with E-state index in [9.17, 15) is 17.6 Å². The van der Waals surface area contributed by atoms with Crippen LogP contribution >= 0.6 is 0 Å². The Balaban J connectivity index is 2.03. The Labute approximate surface area is 129 Å². The molecule has 1 saturated heterocycles. The summed E-state index contributed by atoms with van der Waals surface area (Å²) in [5, 5.41) is 8.70. The third-order valence-corrected chi connectivity index (χ3v) is 5.55. The summed E-state index contributed by atoms with van der Waals surface area (Å²) >= 11 is 0. The van der Waals surface area contributed by atoms with Crippen molar-refractivity contribution in [1.82, 2.24) is 9.21 Å². The molecule has 0 saturated carbocycles. The Hall–Kier alpha value is -1.51. The minimum atomic E-state index is -3.63. The Kier molecular flexibility index (Phi) is 5.49. The molecular formula is C14H19FN2O4S. The average molecular weight is 330 g/mol. The van der Waals surface area contributed by atoms with Crippen LogP contribution in [0.5, 0.6) is 0 Å². The van der Waals surface area contributed by atoms with Crippen LogP contribution in [0.2, 0.25) is 0 Å². The first-order valence-corrected chi connectivity index (χ1v) is 8.53. The molecule has 0 aliphatic carbocycles. The number of sulfonamides is 1. The lowest BCUT2D eigenvalue weighted by Gasteiger charge is -2.21. The van der Waals surface area contributed by atoms with Gasteiger partial charge in [0.2, 0.25) is 10.0 Å². The van der Waals surface area contributed by atoms with Crippen molar-refractivity contribution in [2.45, 2.75) is 17.7 Å². The van der Waals surface area contributed by atoms with Gasteiger partial charge in [-0.1, -0.05) is 0 Å².